The summed E-state index contributed by atoms with van der Waals surface area (Å²) in [7, 11) is -4.73. The van der Waals surface area contributed by atoms with E-state index in [0.29, 0.717) is 16.5 Å². The fraction of sp³-hybridized carbons (Fsp3) is 0.529. The molecule has 8 heteroatoms. The van der Waals surface area contributed by atoms with E-state index in [-0.39, 0.29) is 12.2 Å². The fourth-order valence-electron chi connectivity index (χ4n) is 2.29. The van der Waals surface area contributed by atoms with Crippen molar-refractivity contribution in [2.45, 2.75) is 32.8 Å². The zero-order valence-electron chi connectivity index (χ0n) is 20.4. The summed E-state index contributed by atoms with van der Waals surface area (Å²) in [6, 6.07) is 4.60. The standard InChI is InChI=1S/C17H27N2O5P/c1-17(2,3)24-25(21,22)23-12-19(4,5)9-8-13-11-18-16-7-6-14(20)10-15(13)16/h6-7,10-11,18H,8-9,12H2,1-5H3,(H-,20,21,22)/p+1/i4D3,5D3. The molecule has 0 aliphatic heterocycles. The SMILES string of the molecule is [2H]C([2H])([2H])[N+](CCc1c[nH]c2ccc(O)cc12)(COP(=O)(O)OC(C)(C)C)C([2H])([2H])[2H]. The van der Waals surface area contributed by atoms with Crippen molar-refractivity contribution in [1.82, 2.24) is 4.98 Å². The van der Waals surface area contributed by atoms with E-state index in [1.165, 1.54) is 32.9 Å². The third-order valence-corrected chi connectivity index (χ3v) is 4.56. The molecule has 7 nitrogen and oxygen atoms in total. The number of quaternary nitrogens is 1. The van der Waals surface area contributed by atoms with E-state index >= 15 is 0 Å². The van der Waals surface area contributed by atoms with E-state index in [2.05, 4.69) is 4.98 Å². The number of aromatic nitrogens is 1. The first-order valence-corrected chi connectivity index (χ1v) is 9.21. The summed E-state index contributed by atoms with van der Waals surface area (Å²) >= 11 is 0. The van der Waals surface area contributed by atoms with Crippen molar-refractivity contribution in [2.24, 2.45) is 0 Å². The normalized spacial score (nSPS) is 20.0. The summed E-state index contributed by atoms with van der Waals surface area (Å²) in [6.07, 6.45) is 1.58. The van der Waals surface area contributed by atoms with E-state index in [9.17, 15) is 14.6 Å². The van der Waals surface area contributed by atoms with Crippen molar-refractivity contribution in [3.63, 3.8) is 0 Å². The lowest BCUT2D eigenvalue weighted by Crippen LogP contribution is -2.43. The molecule has 1 atom stereocenters. The number of phosphoric acid groups is 1. The highest BCUT2D eigenvalue weighted by atomic mass is 31.2. The Morgan fingerprint density at radius 3 is 2.72 bits per heavy atom. The number of nitrogens with one attached hydrogen (secondary N) is 1. The van der Waals surface area contributed by atoms with Crippen LogP contribution in [0.15, 0.2) is 24.4 Å². The Kier molecular flexibility index (Phi) is 3.66. The Morgan fingerprint density at radius 2 is 2.08 bits per heavy atom. The molecule has 2 aromatic rings. The minimum Gasteiger partial charge on any atom is -0.508 e. The molecule has 1 aromatic heterocycles. The second-order valence-electron chi connectivity index (χ2n) is 6.92. The number of H-pyrrole nitrogens is 1. The molecule has 2 rings (SSSR count). The topological polar surface area (TPSA) is 91.8 Å². The van der Waals surface area contributed by atoms with Crippen molar-refractivity contribution in [1.29, 1.82) is 0 Å². The van der Waals surface area contributed by atoms with Gasteiger partial charge in [-0.3, -0.25) is 4.52 Å². The minimum absolute atomic E-state index is 0.00428. The fourth-order valence-corrected chi connectivity index (χ4v) is 3.38. The van der Waals surface area contributed by atoms with Crippen LogP contribution in [-0.4, -0.2) is 52.3 Å². The molecule has 25 heavy (non-hydrogen) atoms. The third-order valence-electron chi connectivity index (χ3n) is 3.34. The molecular weight excluding hydrogens is 343 g/mol. The van der Waals surface area contributed by atoms with Gasteiger partial charge in [0, 0.05) is 23.5 Å². The molecule has 0 saturated heterocycles. The number of phenolic OH excluding ortho intramolecular Hbond substituents is 1. The largest absolute Gasteiger partial charge is 0.508 e. The van der Waals surface area contributed by atoms with E-state index < -0.39 is 45.1 Å². The summed E-state index contributed by atoms with van der Waals surface area (Å²) in [5.41, 5.74) is 0.190. The number of hydrogen-bond acceptors (Lipinski definition) is 4. The van der Waals surface area contributed by atoms with Crippen molar-refractivity contribution < 1.29 is 36.3 Å². The van der Waals surface area contributed by atoms with Crippen molar-refractivity contribution in [2.75, 3.05) is 27.2 Å². The van der Waals surface area contributed by atoms with Gasteiger partial charge in [0.05, 0.1) is 34.3 Å². The molecule has 1 aromatic carbocycles. The van der Waals surface area contributed by atoms with E-state index in [1.54, 1.807) is 12.3 Å². The first-order chi connectivity index (χ1) is 13.9. The maximum atomic E-state index is 12.3. The van der Waals surface area contributed by atoms with Crippen LogP contribution in [0, 0.1) is 0 Å². The van der Waals surface area contributed by atoms with Gasteiger partial charge < -0.3 is 19.5 Å². The van der Waals surface area contributed by atoms with E-state index in [4.69, 9.17) is 17.3 Å². The number of likely N-dealkylation sites (N-methyl/N-ethyl adjacent to an activating group) is 1. The Hall–Kier alpha value is -1.37. The Bertz CT molecular complexity index is 953. The van der Waals surface area contributed by atoms with Gasteiger partial charge in [-0.15, -0.1) is 0 Å². The average molecular weight is 377 g/mol. The molecule has 0 fully saturated rings. The van der Waals surface area contributed by atoms with Crippen molar-refractivity contribution >= 4 is 18.7 Å². The number of hydrogen-bond donors (Lipinski definition) is 3. The van der Waals surface area contributed by atoms with Gasteiger partial charge in [-0.2, -0.15) is 0 Å². The van der Waals surface area contributed by atoms with Gasteiger partial charge in [-0.1, -0.05) is 0 Å². The molecule has 3 N–H and O–H groups in total. The number of aromatic amines is 1. The minimum atomic E-state index is -4.73. The monoisotopic (exact) mass is 377 g/mol. The lowest BCUT2D eigenvalue weighted by Gasteiger charge is -2.31. The van der Waals surface area contributed by atoms with Crippen LogP contribution >= 0.6 is 7.82 Å². The number of nitrogens with zero attached hydrogens (tertiary/aromatic N) is 1. The van der Waals surface area contributed by atoms with Gasteiger partial charge in [0.15, 0.2) is 6.73 Å². The Balaban J connectivity index is 2.38. The summed E-state index contributed by atoms with van der Waals surface area (Å²) in [5, 5.41) is 10.3. The van der Waals surface area contributed by atoms with Crippen LogP contribution in [-0.2, 0) is 20.0 Å². The number of rotatable bonds is 7. The number of benzene rings is 1. The van der Waals surface area contributed by atoms with E-state index in [0.717, 1.165) is 0 Å². The van der Waals surface area contributed by atoms with Crippen LogP contribution < -0.4 is 0 Å². The number of phenols is 1. The molecule has 140 valence electrons. The molecular formula is C17H28N2O5P+. The Labute approximate surface area is 156 Å². The number of aromatic hydroxyl groups is 1. The maximum Gasteiger partial charge on any atom is 0.477 e. The molecule has 0 radical (unpaired) electrons. The smallest absolute Gasteiger partial charge is 0.477 e. The van der Waals surface area contributed by atoms with Crippen LogP contribution in [0.4, 0.5) is 0 Å². The summed E-state index contributed by atoms with van der Waals surface area (Å²) in [5.74, 6) is 0.00428. The third kappa shape index (κ3) is 6.13. The molecule has 0 aliphatic rings. The highest BCUT2D eigenvalue weighted by Gasteiger charge is 2.31. The molecule has 0 spiro atoms. The lowest BCUT2D eigenvalue weighted by atomic mass is 10.1. The van der Waals surface area contributed by atoms with Gasteiger partial charge in [0.25, 0.3) is 0 Å². The van der Waals surface area contributed by atoms with Crippen LogP contribution in [0.2, 0.25) is 0 Å². The van der Waals surface area contributed by atoms with Gasteiger partial charge in [0.2, 0.25) is 0 Å². The maximum absolute atomic E-state index is 12.3. The predicted molar refractivity (Wildman–Crippen MR) is 97.3 cm³/mol. The van der Waals surface area contributed by atoms with Gasteiger partial charge in [0.1, 0.15) is 5.75 Å². The van der Waals surface area contributed by atoms with Crippen LogP contribution in [0.5, 0.6) is 5.75 Å². The summed E-state index contributed by atoms with van der Waals surface area (Å²) < 4.78 is 68.0. The number of fused-ring (bicyclic) bond motifs is 1. The molecule has 1 unspecified atom stereocenters. The molecule has 0 bridgehead atoms. The Morgan fingerprint density at radius 1 is 1.36 bits per heavy atom. The highest BCUT2D eigenvalue weighted by molar-refractivity contribution is 7.47. The first-order valence-electron chi connectivity index (χ1n) is 10.7. The van der Waals surface area contributed by atoms with Gasteiger partial charge in [-0.05, 0) is 44.5 Å². The summed E-state index contributed by atoms with van der Waals surface area (Å²) in [4.78, 5) is 12.9. The first kappa shape index (κ1) is 12.9. The van der Waals surface area contributed by atoms with Crippen molar-refractivity contribution in [3.05, 3.63) is 30.0 Å². The quantitative estimate of drug-likeness (QED) is 0.391. The van der Waals surface area contributed by atoms with Crippen molar-refractivity contribution in [3.8, 4) is 5.75 Å². The zero-order chi connectivity index (χ0) is 23.9. The second-order valence-corrected chi connectivity index (χ2v) is 8.29. The molecule has 0 amide bonds. The van der Waals surface area contributed by atoms with Gasteiger partial charge in [-0.25, -0.2) is 9.09 Å². The summed E-state index contributed by atoms with van der Waals surface area (Å²) in [6.45, 7) is -3.23. The number of phosphoric ester groups is 1. The molecule has 0 saturated carbocycles. The van der Waals surface area contributed by atoms with E-state index in [1.807, 2.05) is 0 Å². The van der Waals surface area contributed by atoms with Gasteiger partial charge >= 0.3 is 7.82 Å². The van der Waals surface area contributed by atoms with Crippen LogP contribution in [0.25, 0.3) is 10.9 Å². The average Bonchev–Trinajstić information content (AvgIpc) is 2.92. The van der Waals surface area contributed by atoms with Crippen LogP contribution in [0.3, 0.4) is 0 Å². The predicted octanol–water partition coefficient (Wildman–Crippen LogP) is 3.38. The van der Waals surface area contributed by atoms with Crippen LogP contribution in [0.1, 0.15) is 34.6 Å². The highest BCUT2D eigenvalue weighted by Crippen LogP contribution is 2.47. The lowest BCUT2D eigenvalue weighted by molar-refractivity contribution is -0.906. The molecule has 0 aliphatic carbocycles. The molecule has 1 heterocycles. The second kappa shape index (κ2) is 7.09. The zero-order valence-corrected chi connectivity index (χ0v) is 15.3.